The van der Waals surface area contributed by atoms with Crippen LogP contribution in [-0.2, 0) is 49.4 Å². The number of carbonyl (C=O) groups is 3. The van der Waals surface area contributed by atoms with Crippen molar-refractivity contribution in [1.82, 2.24) is 70.2 Å². The number of aromatic nitrogens is 14. The van der Waals surface area contributed by atoms with Gasteiger partial charge in [-0.2, -0.15) is 141 Å². The largest absolute Gasteiger partial charge is 0.619 e. The van der Waals surface area contributed by atoms with E-state index in [0.29, 0.717) is 53.4 Å². The van der Waals surface area contributed by atoms with Crippen LogP contribution < -0.4 is 27.9 Å². The number of phenols is 4. The molecule has 149 heavy (non-hydrogen) atoms. The zero-order chi connectivity index (χ0) is 226. The van der Waals surface area contributed by atoms with Crippen molar-refractivity contribution in [1.29, 1.82) is 10.5 Å². The molecule has 0 unspecified atom stereocenters. The Bertz CT molecular complexity index is 6930. The molecule has 33 nitrogen and oxygen atoms in total. The summed E-state index contributed by atoms with van der Waals surface area (Å²) < 4.78 is 863. The molecule has 0 saturated heterocycles. The topological polar surface area (TPSA) is 553 Å². The molecular weight excluding hydrogens is 2070 g/mol. The lowest BCUT2D eigenvalue weighted by Gasteiger charge is -2.09. The highest BCUT2D eigenvalue weighted by Gasteiger charge is 2.39. The van der Waals surface area contributed by atoms with E-state index in [9.17, 15) is 135 Å². The lowest BCUT2D eigenvalue weighted by molar-refractivity contribution is -0.606. The van der Waals surface area contributed by atoms with E-state index in [1.807, 2.05) is 27.7 Å². The van der Waals surface area contributed by atoms with Crippen molar-refractivity contribution in [2.75, 3.05) is 14.1 Å². The van der Waals surface area contributed by atoms with Crippen molar-refractivity contribution in [3.05, 3.63) is 338 Å². The van der Waals surface area contributed by atoms with Gasteiger partial charge in [0.05, 0.1) is 61.2 Å². The molecule has 10 aromatic heterocycles. The van der Waals surface area contributed by atoms with E-state index in [2.05, 4.69) is 75.5 Å². The third kappa shape index (κ3) is 43.7. The van der Waals surface area contributed by atoms with E-state index in [1.54, 1.807) is 68.7 Å². The van der Waals surface area contributed by atoms with Gasteiger partial charge in [0, 0.05) is 243 Å². The molecule has 14 rings (SSSR count). The zero-order valence-corrected chi connectivity index (χ0v) is 76.0. The number of aldehydes is 2. The molecule has 0 atom stereocenters. The summed E-state index contributed by atoms with van der Waals surface area (Å²) in [6.45, 7) is 7.41. The Morgan fingerprint density at radius 2 is 0.839 bits per heavy atom. The minimum Gasteiger partial charge on any atom is -0.619 e. The minimum absolute atomic E-state index is 0. The van der Waals surface area contributed by atoms with Gasteiger partial charge in [-0.05, 0) is 179 Å². The number of amides is 1. The monoisotopic (exact) mass is 2500 g/mol. The molecule has 4 aromatic carbocycles. The molecule has 0 radical (unpaired) electrons. The summed E-state index contributed by atoms with van der Waals surface area (Å²) in [4.78, 5) is 64.1. The van der Waals surface area contributed by atoms with Crippen molar-refractivity contribution in [2.24, 2.45) is 33.4 Å². The lowest BCUT2D eigenvalue weighted by atomic mass is 10.1. The number of aryl methyl sites for hydroxylation is 4. The number of nitrogens with zero attached hydrogens (tertiary/aromatic N) is 17. The summed E-state index contributed by atoms with van der Waals surface area (Å²) in [5.41, 5.74) is 7.46. The summed E-state index contributed by atoms with van der Waals surface area (Å²) in [6, 6.07) is 38.8. The van der Waals surface area contributed by atoms with Crippen LogP contribution in [0.4, 0.5) is 110 Å². The van der Waals surface area contributed by atoms with Gasteiger partial charge in [-0.25, -0.2) is 19.9 Å². The van der Waals surface area contributed by atoms with E-state index in [4.69, 9.17) is 235 Å². The van der Waals surface area contributed by atoms with Crippen LogP contribution in [0.15, 0.2) is 242 Å². The summed E-state index contributed by atoms with van der Waals surface area (Å²) >= 11 is 4.90. The van der Waals surface area contributed by atoms with Gasteiger partial charge in [0.25, 0.3) is 0 Å². The average molecular weight is 2510 g/mol. The first-order valence-corrected chi connectivity index (χ1v) is 39.6. The fraction of sp³-hybridized carbons (Fsp3) is 0.176. The van der Waals surface area contributed by atoms with Gasteiger partial charge in [0.1, 0.15) is 69.2 Å². The average Bonchev–Trinajstić information content (AvgIpc) is 1.65. The number of phenolic OH excluding ortho intramolecular Hbond substituents is 4. The fourth-order valence-electron chi connectivity index (χ4n) is 9.89. The number of hydrogen-bond acceptors (Lipinski definition) is 27. The van der Waals surface area contributed by atoms with Crippen LogP contribution in [0.3, 0.4) is 0 Å². The number of hydrogen-bond donors (Lipinski definition) is 12. The molecular formula is C91H202ClF24N23O10. The number of halogens is 25. The highest BCUT2D eigenvalue weighted by atomic mass is 35.5. The maximum Gasteiger partial charge on any atom is 0.422 e. The first kappa shape index (κ1) is 62.8. The van der Waals surface area contributed by atoms with Crippen molar-refractivity contribution >= 4 is 41.2 Å². The van der Waals surface area contributed by atoms with Crippen LogP contribution in [0, 0.1) is 55.6 Å². The van der Waals surface area contributed by atoms with Crippen molar-refractivity contribution in [3.8, 4) is 80.9 Å². The Morgan fingerprint density at radius 1 is 0.456 bits per heavy atom. The molecule has 10 heterocycles. The molecule has 1 amide bonds. The number of H-pyrrole nitrogens is 2. The summed E-state index contributed by atoms with van der Waals surface area (Å²) in [7, 11) is 3.19. The molecule has 0 aliphatic rings. The third-order valence-electron chi connectivity index (χ3n) is 16.9. The molecule has 0 fully saturated rings. The Labute approximate surface area is 1010 Å². The smallest absolute Gasteiger partial charge is 0.422 e. The highest BCUT2D eigenvalue weighted by molar-refractivity contribution is 6.62. The number of aromatic amines is 2. The number of amidine groups is 2. The maximum atomic E-state index is 13.0. The standard InChI is InChI=1S/2C15H11F3N4O.2C8H8O2.2C7H7F3N4.2C7H3F3N2.C6H4F3NO.C6H4F3N.C3H6ClNO.2CH4.H2O2.60H2/c1-8-2-5-12(23)10(6-8)13-20-14(22-21-13)11-4-3-9(7-19-11)15(16,17)18;1-8-4-5-11(23)9(7-8)13-20-14(22-21-13)12-10(15(16,17)18)3-2-6-19-12;2*1-6-2-3-8(10)7(4-6)5-9;8-7(9,10)4-1-2-5(13-3-4)6(11)14-12;8-7(9,10)4-2-1-3-13-5(4)6(11)14-12;8-7(9,10)5-1-2-6(3-11)12-4-5;8-7(9,10)5-2-1-3-12-6(5)4-11;7-6(8,9)5-2-1-3-10(11)4-5;7-6(8,9)5-2-1-3-10-4-5;1-5(2)3(4)6;;;1-2;;;;;;;;;;;;;;;;;;;;;;;;;;;;;;;;;;;;;;;;;;;;;;;;;;;;;;;;;;;;/h2*2-7,23H,1H3,(H,20,21,22);2*2-5,10H,1H3;2*1-3H,12H2,(H2,11,14);1-2,4H;1-3H;1-4H;1-4H;1-2H3;2*1H4;1-2H;60*1H/i;;;;;;;;;;;;;;57*1+2T;3*1+2. The number of hydrazone groups is 2. The number of nitrogens with two attached hydrogens (primary N) is 4. The van der Waals surface area contributed by atoms with E-state index in [1.165, 1.54) is 72.0 Å². The van der Waals surface area contributed by atoms with Crippen LogP contribution >= 0.6 is 11.6 Å². The predicted octanol–water partition coefficient (Wildman–Crippen LogP) is 35.9. The molecule has 0 saturated carbocycles. The molecule has 0 bridgehead atoms. The van der Waals surface area contributed by atoms with Crippen molar-refractivity contribution in [2.45, 2.75) is 92.0 Å². The molecule has 16 N–H and O–H groups in total. The SMILES string of the molecule is C.C.CN(C)C(=O)Cl.Cc1ccc(O)c(-c2n[nH]c(-c3ccc(C(F)(F)F)cn3)n2)c1.Cc1ccc(O)c(-c2n[nH]c(-c3ncccc3C(F)(F)F)n2)c1.Cc1ccc(O)c(C=O)c1.Cc1ccc(O)c(C=O)c1.FC(F)(F)c1cccnc1.N#Cc1ccc(C(F)(F)F)cn1.N#Cc1ncccc1C(F)(F)F.N/N=C(\N)c1ccc(C(F)(F)F)cn1.N/N=C(\N)c1ncccc1C(F)(F)F.OO.[3HH].[3HH].[3HH].[3H][3H].[3H][3H].[3H][3H].[3H][3H].[3H][3H].[3H][3H].[3H][3H].[3H][3H].[3H][3H].[3H][3H].[3H][3H].[3H][3H].[3H][3H].[3H][3H].[3H][3H].[3H][3H].[3H][3H].[3H][3H].[3H][3H].[3H][3H].[3H][3H].[3H][3H].[3H][3H].[3H][3H].[3H][3H].[3H][3H].[3H][3H].[3H][3H].[3H][3H].[3H][3H].[3H][3H].[3H][3H].[3H][3H].[3H][3H].[3H][3H].[3H][3H].[3H][3H].[3H][3H].[3H][3H].[3H][3H].[3H][3H].[3H][3H].[3H][3H].[3H][3H].[3H][3H].[3H][3H].[3H][3H].[3H][3H].[3H][3H].[3H][3H].[3H][3H].[3H][3H].[3H][3H].[3H][3H].[3H][3H].[3H][3H].[3H][3H].[O-][n+]1cccc(C(F)(F)F)c1. The van der Waals surface area contributed by atoms with E-state index in [0.717, 1.165) is 126 Å². The molecule has 14 aromatic rings. The van der Waals surface area contributed by atoms with Crippen molar-refractivity contribution in [3.63, 3.8) is 0 Å². The van der Waals surface area contributed by atoms with Gasteiger partial charge in [-0.3, -0.25) is 60.0 Å². The Hall–Kier alpha value is -17.8. The van der Waals surface area contributed by atoms with Gasteiger partial charge in [0.2, 0.25) is 0 Å². The van der Waals surface area contributed by atoms with E-state index >= 15 is 0 Å². The number of nitrogens with one attached hydrogen (secondary N) is 2. The number of carbonyl (C=O) groups excluding carboxylic acids is 3. The first-order valence-electron chi connectivity index (χ1n) is 96.2. The van der Waals surface area contributed by atoms with Crippen LogP contribution in [0.1, 0.15) is 299 Å². The second-order valence-corrected chi connectivity index (χ2v) is 28.3. The Kier molecular flexibility index (Phi) is 24.8. The number of alkyl halides is 24. The van der Waals surface area contributed by atoms with Gasteiger partial charge in [-0.15, -0.1) is 0 Å². The first-order chi connectivity index (χ1) is 125. The number of aromatic hydroxyl groups is 4. The van der Waals surface area contributed by atoms with Crippen molar-refractivity contribution < 1.29 is 329 Å². The quantitative estimate of drug-likeness (QED) is 0.00574. The Balaban J connectivity index is -0.0000000288. The normalized spacial score (nSPS) is 14.1. The molecule has 58 heteroatoms. The highest BCUT2D eigenvalue weighted by Crippen LogP contribution is 2.39. The van der Waals surface area contributed by atoms with Gasteiger partial charge >= 0.3 is 54.8 Å². The van der Waals surface area contributed by atoms with Gasteiger partial charge < -0.3 is 53.7 Å². The molecule has 0 spiro atoms. The van der Waals surface area contributed by atoms with Crippen LogP contribution in [0.2, 0.25) is 0 Å². The number of pyridine rings is 8. The summed E-state index contributed by atoms with van der Waals surface area (Å²) in [5.74, 6) is 9.52. The van der Waals surface area contributed by atoms with Crippen LogP contribution in [0.5, 0.6) is 23.0 Å². The lowest BCUT2D eigenvalue weighted by Crippen LogP contribution is -2.26. The van der Waals surface area contributed by atoms with Gasteiger partial charge in [0.15, 0.2) is 65.6 Å². The summed E-state index contributed by atoms with van der Waals surface area (Å²) in [5, 5.41) is 95.1. The third-order valence-corrected chi connectivity index (χ3v) is 17.2. The molecule has 916 valence electrons. The van der Waals surface area contributed by atoms with Gasteiger partial charge in [-0.1, -0.05) is 61.4 Å². The number of rotatable bonds is 8. The predicted molar refractivity (Wildman–Crippen MR) is 616 cm³/mol. The minimum atomic E-state index is -4.55. The second kappa shape index (κ2) is 58.8. The zero-order valence-electron chi connectivity index (χ0n) is 189. The Morgan fingerprint density at radius 3 is 1.19 bits per heavy atom. The fourth-order valence-corrected chi connectivity index (χ4v) is 9.89. The van der Waals surface area contributed by atoms with E-state index < -0.39 is 117 Å². The number of benzene rings is 4. The molecule has 0 aliphatic heterocycles. The van der Waals surface area contributed by atoms with Crippen LogP contribution in [-0.4, -0.2) is 145 Å². The second-order valence-electron chi connectivity index (χ2n) is 28.0. The molecule has 0 aliphatic carbocycles. The summed E-state index contributed by atoms with van der Waals surface area (Å²) in [6.07, 6.45) is -25.0. The van der Waals surface area contributed by atoms with E-state index in [-0.39, 0.29) is 98.8 Å². The van der Waals surface area contributed by atoms with Crippen LogP contribution in [0.25, 0.3) is 45.8 Å². The maximum absolute atomic E-state index is 13.0. The number of nitriles is 2.